The highest BCUT2D eigenvalue weighted by molar-refractivity contribution is 6.30. The highest BCUT2D eigenvalue weighted by atomic mass is 35.5. The van der Waals surface area contributed by atoms with Crippen LogP contribution in [0.3, 0.4) is 0 Å². The number of halogens is 1. The average molecular weight is 393 g/mol. The van der Waals surface area contributed by atoms with Crippen molar-refractivity contribution in [1.82, 2.24) is 0 Å². The minimum Gasteiger partial charge on any atom is -0.497 e. The maximum Gasteiger partial charge on any atom is 0.231 e. The SMILES string of the molecule is COc1ccc(COc2ccc3c(c2)O/C(=C\c2cccc(Cl)c2)C3=O)cc1. The van der Waals surface area contributed by atoms with Gasteiger partial charge in [0.05, 0.1) is 12.7 Å². The first kappa shape index (κ1) is 18.1. The molecule has 5 heteroatoms. The van der Waals surface area contributed by atoms with Gasteiger partial charge in [0.1, 0.15) is 23.9 Å². The molecule has 0 N–H and O–H groups in total. The zero-order valence-corrected chi connectivity index (χ0v) is 15.9. The zero-order chi connectivity index (χ0) is 19.5. The Morgan fingerprint density at radius 2 is 1.79 bits per heavy atom. The van der Waals surface area contributed by atoms with Crippen LogP contribution in [0.1, 0.15) is 21.5 Å². The predicted octanol–water partition coefficient (Wildman–Crippen LogP) is 5.54. The van der Waals surface area contributed by atoms with Gasteiger partial charge in [-0.15, -0.1) is 0 Å². The topological polar surface area (TPSA) is 44.8 Å². The monoisotopic (exact) mass is 392 g/mol. The standard InChI is InChI=1S/C23H17ClO4/c1-26-18-7-5-15(6-8-18)14-27-19-9-10-20-21(13-19)28-22(23(20)25)12-16-3-2-4-17(24)11-16/h2-13H,14H2,1H3/b22-12-. The molecule has 1 aliphatic heterocycles. The van der Waals surface area contributed by atoms with Crippen molar-refractivity contribution in [3.05, 3.63) is 94.2 Å². The van der Waals surface area contributed by atoms with E-state index in [4.69, 9.17) is 25.8 Å². The number of carbonyl (C=O) groups excluding carboxylic acids is 1. The Hall–Kier alpha value is -3.24. The lowest BCUT2D eigenvalue weighted by Gasteiger charge is -2.08. The largest absolute Gasteiger partial charge is 0.497 e. The van der Waals surface area contributed by atoms with Crippen LogP contribution in [-0.2, 0) is 6.61 Å². The summed E-state index contributed by atoms with van der Waals surface area (Å²) < 4.78 is 16.7. The number of Topliss-reactive ketones (excluding diaryl/α,β-unsaturated/α-hetero) is 1. The zero-order valence-electron chi connectivity index (χ0n) is 15.1. The average Bonchev–Trinajstić information content (AvgIpc) is 3.01. The quantitative estimate of drug-likeness (QED) is 0.534. The minimum atomic E-state index is -0.156. The summed E-state index contributed by atoms with van der Waals surface area (Å²) in [5, 5.41) is 0.603. The normalized spacial score (nSPS) is 13.9. The van der Waals surface area contributed by atoms with Crippen molar-refractivity contribution >= 4 is 23.5 Å². The smallest absolute Gasteiger partial charge is 0.231 e. The number of methoxy groups -OCH3 is 1. The number of fused-ring (bicyclic) bond motifs is 1. The fourth-order valence-electron chi connectivity index (χ4n) is 2.89. The summed E-state index contributed by atoms with van der Waals surface area (Å²) in [6.07, 6.45) is 1.69. The summed E-state index contributed by atoms with van der Waals surface area (Å²) in [5.41, 5.74) is 2.34. The van der Waals surface area contributed by atoms with Crippen molar-refractivity contribution in [2.75, 3.05) is 7.11 Å². The Labute approximate surface area is 167 Å². The molecule has 0 aliphatic carbocycles. The van der Waals surface area contributed by atoms with Gasteiger partial charge in [-0.3, -0.25) is 4.79 Å². The molecule has 0 spiro atoms. The maximum atomic E-state index is 12.6. The van der Waals surface area contributed by atoms with Gasteiger partial charge in [-0.25, -0.2) is 0 Å². The van der Waals surface area contributed by atoms with E-state index >= 15 is 0 Å². The Morgan fingerprint density at radius 1 is 1.00 bits per heavy atom. The molecule has 4 rings (SSSR count). The van der Waals surface area contributed by atoms with Gasteiger partial charge in [-0.2, -0.15) is 0 Å². The first-order chi connectivity index (χ1) is 13.6. The molecule has 0 aromatic heterocycles. The molecule has 1 heterocycles. The number of carbonyl (C=O) groups is 1. The highest BCUT2D eigenvalue weighted by Gasteiger charge is 2.27. The molecule has 0 bridgehead atoms. The minimum absolute atomic E-state index is 0.156. The molecule has 0 unspecified atom stereocenters. The van der Waals surface area contributed by atoms with Crippen LogP contribution < -0.4 is 14.2 Å². The Kier molecular flexibility index (Phi) is 5.04. The van der Waals surface area contributed by atoms with Gasteiger partial charge in [-0.1, -0.05) is 35.9 Å². The molecule has 0 fully saturated rings. The van der Waals surface area contributed by atoms with E-state index in [0.717, 1.165) is 16.9 Å². The molecule has 4 nitrogen and oxygen atoms in total. The molecule has 140 valence electrons. The van der Waals surface area contributed by atoms with Crippen molar-refractivity contribution in [1.29, 1.82) is 0 Å². The van der Waals surface area contributed by atoms with Gasteiger partial charge in [-0.05, 0) is 53.6 Å². The molecule has 0 radical (unpaired) electrons. The third-order valence-corrected chi connectivity index (χ3v) is 4.59. The van der Waals surface area contributed by atoms with E-state index < -0.39 is 0 Å². The van der Waals surface area contributed by atoms with Crippen LogP contribution in [0, 0.1) is 0 Å². The second-order valence-corrected chi connectivity index (χ2v) is 6.73. The van der Waals surface area contributed by atoms with Gasteiger partial charge in [0.25, 0.3) is 0 Å². The van der Waals surface area contributed by atoms with Crippen LogP contribution in [0.15, 0.2) is 72.5 Å². The van der Waals surface area contributed by atoms with Crippen molar-refractivity contribution in [3.8, 4) is 17.2 Å². The van der Waals surface area contributed by atoms with Gasteiger partial charge in [0, 0.05) is 11.1 Å². The Bertz CT molecular complexity index is 1050. The summed E-state index contributed by atoms with van der Waals surface area (Å²) in [6.45, 7) is 0.405. The molecule has 1 aliphatic rings. The Balaban J connectivity index is 1.48. The van der Waals surface area contributed by atoms with E-state index in [1.807, 2.05) is 36.4 Å². The summed E-state index contributed by atoms with van der Waals surface area (Å²) in [6, 6.07) is 20.1. The molecule has 3 aromatic carbocycles. The number of hydrogen-bond donors (Lipinski definition) is 0. The number of rotatable bonds is 5. The van der Waals surface area contributed by atoms with Crippen molar-refractivity contribution < 1.29 is 19.0 Å². The first-order valence-corrected chi connectivity index (χ1v) is 9.10. The number of benzene rings is 3. The van der Waals surface area contributed by atoms with E-state index in [1.54, 1.807) is 43.5 Å². The van der Waals surface area contributed by atoms with E-state index in [1.165, 1.54) is 0 Å². The number of ketones is 1. The predicted molar refractivity (Wildman–Crippen MR) is 108 cm³/mol. The van der Waals surface area contributed by atoms with Crippen LogP contribution in [0.25, 0.3) is 6.08 Å². The summed E-state index contributed by atoms with van der Waals surface area (Å²) in [4.78, 5) is 12.6. The molecule has 3 aromatic rings. The summed E-state index contributed by atoms with van der Waals surface area (Å²) >= 11 is 6.00. The molecular formula is C23H17ClO4. The lowest BCUT2D eigenvalue weighted by molar-refractivity contribution is 0.101. The summed E-state index contributed by atoms with van der Waals surface area (Å²) in [7, 11) is 1.63. The molecule has 0 saturated carbocycles. The van der Waals surface area contributed by atoms with Crippen LogP contribution in [0.4, 0.5) is 0 Å². The lowest BCUT2D eigenvalue weighted by atomic mass is 10.1. The first-order valence-electron chi connectivity index (χ1n) is 8.72. The molecule has 0 saturated heterocycles. The fourth-order valence-corrected chi connectivity index (χ4v) is 3.09. The van der Waals surface area contributed by atoms with Crippen LogP contribution in [0.5, 0.6) is 17.2 Å². The number of allylic oxidation sites excluding steroid dienone is 1. The number of hydrogen-bond acceptors (Lipinski definition) is 4. The molecule has 0 amide bonds. The summed E-state index contributed by atoms with van der Waals surface area (Å²) in [5.74, 6) is 2.03. The van der Waals surface area contributed by atoms with Gasteiger partial charge in [0.2, 0.25) is 5.78 Å². The van der Waals surface area contributed by atoms with Crippen LogP contribution >= 0.6 is 11.6 Å². The fraction of sp³-hybridized carbons (Fsp3) is 0.0870. The third kappa shape index (κ3) is 3.87. The van der Waals surface area contributed by atoms with E-state index in [9.17, 15) is 4.79 Å². The van der Waals surface area contributed by atoms with E-state index in [-0.39, 0.29) is 11.5 Å². The van der Waals surface area contributed by atoms with Gasteiger partial charge in [0.15, 0.2) is 5.76 Å². The molecule has 28 heavy (non-hydrogen) atoms. The van der Waals surface area contributed by atoms with Crippen LogP contribution in [-0.4, -0.2) is 12.9 Å². The van der Waals surface area contributed by atoms with E-state index in [0.29, 0.717) is 28.7 Å². The van der Waals surface area contributed by atoms with Crippen molar-refractivity contribution in [2.45, 2.75) is 6.61 Å². The second-order valence-electron chi connectivity index (χ2n) is 6.29. The highest BCUT2D eigenvalue weighted by Crippen LogP contribution is 2.35. The third-order valence-electron chi connectivity index (χ3n) is 4.35. The van der Waals surface area contributed by atoms with Crippen molar-refractivity contribution in [2.24, 2.45) is 0 Å². The van der Waals surface area contributed by atoms with Gasteiger partial charge >= 0.3 is 0 Å². The molecule has 0 atom stereocenters. The van der Waals surface area contributed by atoms with E-state index in [2.05, 4.69) is 0 Å². The molecular weight excluding hydrogens is 376 g/mol. The van der Waals surface area contributed by atoms with Crippen molar-refractivity contribution in [3.63, 3.8) is 0 Å². The Morgan fingerprint density at radius 3 is 2.54 bits per heavy atom. The lowest BCUT2D eigenvalue weighted by Crippen LogP contribution is -1.98. The van der Waals surface area contributed by atoms with Gasteiger partial charge < -0.3 is 14.2 Å². The van der Waals surface area contributed by atoms with Crippen LogP contribution in [0.2, 0.25) is 5.02 Å². The second kappa shape index (κ2) is 7.79. The number of ether oxygens (including phenoxy) is 3. The maximum absolute atomic E-state index is 12.6.